The fraction of sp³-hybridized carbons (Fsp3) is 0.222. The molecular formula is C9H9F2NO. The van der Waals surface area contributed by atoms with E-state index in [4.69, 9.17) is 5.41 Å². The maximum absolute atomic E-state index is 13.0. The zero-order valence-corrected chi connectivity index (χ0v) is 7.10. The largest absolute Gasteiger partial charge is 0.484 e. The summed E-state index contributed by atoms with van der Waals surface area (Å²) >= 11 is 0. The Balaban J connectivity index is 2.83. The molecule has 0 atom stereocenters. The van der Waals surface area contributed by atoms with Crippen LogP contribution in [-0.4, -0.2) is 13.0 Å². The van der Waals surface area contributed by atoms with Crippen LogP contribution < -0.4 is 0 Å². The minimum Gasteiger partial charge on any atom is -0.484 e. The van der Waals surface area contributed by atoms with Gasteiger partial charge in [0.05, 0.1) is 13.5 Å². The van der Waals surface area contributed by atoms with Gasteiger partial charge in [-0.2, -0.15) is 0 Å². The zero-order chi connectivity index (χ0) is 9.84. The first-order valence-corrected chi connectivity index (χ1v) is 3.69. The lowest BCUT2D eigenvalue weighted by atomic mass is 10.1. The van der Waals surface area contributed by atoms with Gasteiger partial charge in [0.25, 0.3) is 0 Å². The summed E-state index contributed by atoms with van der Waals surface area (Å²) in [5.74, 6) is -1.32. The van der Waals surface area contributed by atoms with E-state index < -0.39 is 11.6 Å². The van der Waals surface area contributed by atoms with Crippen molar-refractivity contribution in [2.75, 3.05) is 7.11 Å². The highest BCUT2D eigenvalue weighted by molar-refractivity contribution is 5.75. The summed E-state index contributed by atoms with van der Waals surface area (Å²) < 4.78 is 30.0. The Morgan fingerprint density at radius 2 is 2.15 bits per heavy atom. The Labute approximate surface area is 74.7 Å². The van der Waals surface area contributed by atoms with Crippen molar-refractivity contribution >= 4 is 5.90 Å². The van der Waals surface area contributed by atoms with Gasteiger partial charge in [-0.3, -0.25) is 5.41 Å². The molecule has 0 fully saturated rings. The van der Waals surface area contributed by atoms with E-state index in [1.165, 1.54) is 13.2 Å². The van der Waals surface area contributed by atoms with E-state index in [0.29, 0.717) is 0 Å². The van der Waals surface area contributed by atoms with Crippen molar-refractivity contribution in [2.24, 2.45) is 0 Å². The third-order valence-electron chi connectivity index (χ3n) is 1.61. The number of hydrogen-bond acceptors (Lipinski definition) is 2. The van der Waals surface area contributed by atoms with E-state index in [2.05, 4.69) is 4.74 Å². The van der Waals surface area contributed by atoms with Crippen LogP contribution in [0.3, 0.4) is 0 Å². The Hall–Kier alpha value is -1.45. The molecule has 13 heavy (non-hydrogen) atoms. The smallest absolute Gasteiger partial charge is 0.184 e. The highest BCUT2D eigenvalue weighted by Crippen LogP contribution is 2.10. The molecule has 1 rings (SSSR count). The lowest BCUT2D eigenvalue weighted by Crippen LogP contribution is -2.05. The van der Waals surface area contributed by atoms with Crippen LogP contribution in [0.4, 0.5) is 8.78 Å². The van der Waals surface area contributed by atoms with E-state index in [0.717, 1.165) is 12.1 Å². The van der Waals surface area contributed by atoms with E-state index in [1.807, 2.05) is 0 Å². The van der Waals surface area contributed by atoms with Crippen LogP contribution in [0.25, 0.3) is 0 Å². The van der Waals surface area contributed by atoms with Crippen molar-refractivity contribution in [2.45, 2.75) is 6.42 Å². The summed E-state index contributed by atoms with van der Waals surface area (Å²) in [7, 11) is 1.34. The Morgan fingerprint density at radius 3 is 2.69 bits per heavy atom. The molecule has 1 aromatic carbocycles. The number of hydrogen-bond donors (Lipinski definition) is 1. The minimum absolute atomic E-state index is 0.0443. The molecule has 0 bridgehead atoms. The van der Waals surface area contributed by atoms with Crippen LogP contribution in [0.2, 0.25) is 0 Å². The third-order valence-corrected chi connectivity index (χ3v) is 1.61. The third kappa shape index (κ3) is 2.50. The maximum Gasteiger partial charge on any atom is 0.184 e. The summed E-state index contributed by atoms with van der Waals surface area (Å²) in [5, 5.41) is 7.14. The molecule has 0 aliphatic heterocycles. The van der Waals surface area contributed by atoms with Crippen LogP contribution in [-0.2, 0) is 11.2 Å². The molecule has 0 aliphatic rings. The monoisotopic (exact) mass is 185 g/mol. The van der Waals surface area contributed by atoms with Crippen molar-refractivity contribution < 1.29 is 13.5 Å². The van der Waals surface area contributed by atoms with Gasteiger partial charge < -0.3 is 4.74 Å². The van der Waals surface area contributed by atoms with Crippen LogP contribution >= 0.6 is 0 Å². The summed E-state index contributed by atoms with van der Waals surface area (Å²) in [6.07, 6.45) is 0.0443. The highest BCUT2D eigenvalue weighted by Gasteiger charge is 2.06. The quantitative estimate of drug-likeness (QED) is 0.555. The molecule has 0 radical (unpaired) electrons. The molecule has 0 saturated heterocycles. The molecule has 0 heterocycles. The first-order valence-electron chi connectivity index (χ1n) is 3.69. The molecule has 0 unspecified atom stereocenters. The van der Waals surface area contributed by atoms with Crippen molar-refractivity contribution in [1.82, 2.24) is 0 Å². The van der Waals surface area contributed by atoms with Gasteiger partial charge in [-0.1, -0.05) is 6.07 Å². The molecule has 0 amide bonds. The van der Waals surface area contributed by atoms with Gasteiger partial charge in [-0.15, -0.1) is 0 Å². The van der Waals surface area contributed by atoms with Crippen molar-refractivity contribution in [3.63, 3.8) is 0 Å². The molecule has 0 saturated carbocycles. The van der Waals surface area contributed by atoms with Gasteiger partial charge >= 0.3 is 0 Å². The summed E-state index contributed by atoms with van der Waals surface area (Å²) in [4.78, 5) is 0. The zero-order valence-electron chi connectivity index (χ0n) is 7.10. The first kappa shape index (κ1) is 9.64. The minimum atomic E-state index is -0.651. The van der Waals surface area contributed by atoms with Crippen LogP contribution in [0.15, 0.2) is 18.2 Å². The van der Waals surface area contributed by atoms with Crippen LogP contribution in [0, 0.1) is 17.0 Å². The topological polar surface area (TPSA) is 33.1 Å². The first-order chi connectivity index (χ1) is 6.13. The predicted molar refractivity (Wildman–Crippen MR) is 44.8 cm³/mol. The average Bonchev–Trinajstić information content (AvgIpc) is 2.09. The summed E-state index contributed by atoms with van der Waals surface area (Å²) in [5.41, 5.74) is 0.258. The number of ether oxygens (including phenoxy) is 1. The van der Waals surface area contributed by atoms with Crippen LogP contribution in [0.5, 0.6) is 0 Å². The van der Waals surface area contributed by atoms with Gasteiger partial charge in [0, 0.05) is 6.07 Å². The average molecular weight is 185 g/mol. The summed E-state index contributed by atoms with van der Waals surface area (Å²) in [6.45, 7) is 0. The molecule has 0 spiro atoms. The van der Waals surface area contributed by atoms with Crippen molar-refractivity contribution in [1.29, 1.82) is 5.41 Å². The molecule has 0 aromatic heterocycles. The van der Waals surface area contributed by atoms with Gasteiger partial charge in [0.15, 0.2) is 5.90 Å². The van der Waals surface area contributed by atoms with Crippen LogP contribution in [0.1, 0.15) is 5.56 Å². The number of methoxy groups -OCH3 is 1. The number of benzene rings is 1. The second-order valence-electron chi connectivity index (χ2n) is 2.54. The Bertz CT molecular complexity index is 325. The second kappa shape index (κ2) is 3.98. The van der Waals surface area contributed by atoms with E-state index in [1.54, 1.807) is 0 Å². The lowest BCUT2D eigenvalue weighted by Gasteiger charge is -2.03. The van der Waals surface area contributed by atoms with Gasteiger partial charge in [0.1, 0.15) is 11.6 Å². The van der Waals surface area contributed by atoms with E-state index >= 15 is 0 Å². The van der Waals surface area contributed by atoms with Crippen molar-refractivity contribution in [3.05, 3.63) is 35.4 Å². The molecule has 0 aliphatic carbocycles. The van der Waals surface area contributed by atoms with Gasteiger partial charge in [0.2, 0.25) is 0 Å². The highest BCUT2D eigenvalue weighted by atomic mass is 19.1. The SMILES string of the molecule is COC(=N)Cc1ccc(F)cc1F. The molecule has 2 nitrogen and oxygen atoms in total. The molecular weight excluding hydrogens is 176 g/mol. The number of halogens is 2. The normalized spacial score (nSPS) is 9.77. The standard InChI is InChI=1S/C9H9F2NO/c1-13-9(12)4-6-2-3-7(10)5-8(6)11/h2-3,5,12H,4H2,1H3. The predicted octanol–water partition coefficient (Wildman–Crippen LogP) is 2.13. The fourth-order valence-corrected chi connectivity index (χ4v) is 0.910. The number of nitrogens with one attached hydrogen (secondary N) is 1. The maximum atomic E-state index is 13.0. The van der Waals surface area contributed by atoms with Gasteiger partial charge in [-0.25, -0.2) is 8.78 Å². The van der Waals surface area contributed by atoms with Crippen molar-refractivity contribution in [3.8, 4) is 0 Å². The van der Waals surface area contributed by atoms with E-state index in [-0.39, 0.29) is 17.9 Å². The second-order valence-corrected chi connectivity index (χ2v) is 2.54. The lowest BCUT2D eigenvalue weighted by molar-refractivity contribution is 0.389. The Kier molecular flexibility index (Phi) is 2.95. The molecule has 1 aromatic rings. The number of rotatable bonds is 2. The fourth-order valence-electron chi connectivity index (χ4n) is 0.910. The van der Waals surface area contributed by atoms with Gasteiger partial charge in [-0.05, 0) is 11.6 Å². The Morgan fingerprint density at radius 1 is 1.46 bits per heavy atom. The molecule has 4 heteroatoms. The molecule has 70 valence electrons. The molecule has 1 N–H and O–H groups in total. The summed E-state index contributed by atoms with van der Waals surface area (Å²) in [6, 6.07) is 3.25. The van der Waals surface area contributed by atoms with E-state index in [9.17, 15) is 8.78 Å².